The van der Waals surface area contributed by atoms with Crippen LogP contribution in [-0.2, 0) is 0 Å². The fourth-order valence-corrected chi connectivity index (χ4v) is 1.98. The number of aryl methyl sites for hydroxylation is 1. The first-order chi connectivity index (χ1) is 10.9. The molecule has 2 heterocycles. The van der Waals surface area contributed by atoms with Gasteiger partial charge in [-0.25, -0.2) is 9.97 Å². The molecule has 0 saturated carbocycles. The molecule has 8 heteroatoms. The van der Waals surface area contributed by atoms with Gasteiger partial charge in [0.2, 0.25) is 0 Å². The van der Waals surface area contributed by atoms with Gasteiger partial charge < -0.3 is 16.4 Å². The summed E-state index contributed by atoms with van der Waals surface area (Å²) in [4.78, 5) is 24.5. The number of nitrogens with two attached hydrogens (primary N) is 1. The van der Waals surface area contributed by atoms with Gasteiger partial charge in [-0.2, -0.15) is 0 Å². The second kappa shape index (κ2) is 7.23. The molecule has 4 N–H and O–H groups in total. The summed E-state index contributed by atoms with van der Waals surface area (Å²) in [6.07, 6.45) is 3.20. The van der Waals surface area contributed by atoms with Crippen LogP contribution in [0.25, 0.3) is 0 Å². The van der Waals surface area contributed by atoms with E-state index in [1.807, 2.05) is 6.92 Å². The second-order valence-electron chi connectivity index (χ2n) is 5.52. The first kappa shape index (κ1) is 17.0. The highest BCUT2D eigenvalue weighted by Gasteiger charge is 2.18. The summed E-state index contributed by atoms with van der Waals surface area (Å²) >= 11 is 6.08. The highest BCUT2D eigenvalue weighted by Crippen LogP contribution is 2.22. The van der Waals surface area contributed by atoms with Crippen LogP contribution in [0.1, 0.15) is 29.9 Å². The SMILES string of the molecule is Cc1ccncc1NC(=O)c1nc(Cl)c(NCC(C)C)nc1N. The lowest BCUT2D eigenvalue weighted by Gasteiger charge is -2.12. The third kappa shape index (κ3) is 4.29. The molecule has 0 atom stereocenters. The number of nitrogens with zero attached hydrogens (tertiary/aromatic N) is 3. The van der Waals surface area contributed by atoms with Gasteiger partial charge in [-0.1, -0.05) is 25.4 Å². The maximum Gasteiger partial charge on any atom is 0.278 e. The van der Waals surface area contributed by atoms with E-state index in [0.29, 0.717) is 24.0 Å². The maximum atomic E-state index is 12.3. The van der Waals surface area contributed by atoms with E-state index in [1.54, 1.807) is 18.5 Å². The van der Waals surface area contributed by atoms with Gasteiger partial charge in [-0.3, -0.25) is 9.78 Å². The van der Waals surface area contributed by atoms with Gasteiger partial charge in [0.1, 0.15) is 0 Å². The van der Waals surface area contributed by atoms with Gasteiger partial charge in [0.15, 0.2) is 22.5 Å². The second-order valence-corrected chi connectivity index (χ2v) is 5.87. The average Bonchev–Trinajstić information content (AvgIpc) is 2.49. The molecule has 0 saturated heterocycles. The first-order valence-electron chi connectivity index (χ1n) is 7.17. The van der Waals surface area contributed by atoms with Crippen LogP contribution in [0.3, 0.4) is 0 Å². The molecule has 2 aromatic heterocycles. The van der Waals surface area contributed by atoms with Gasteiger partial charge >= 0.3 is 0 Å². The van der Waals surface area contributed by atoms with Crippen molar-refractivity contribution in [1.29, 1.82) is 0 Å². The van der Waals surface area contributed by atoms with Crippen LogP contribution in [0.5, 0.6) is 0 Å². The predicted octanol–water partition coefficient (Wildman–Crippen LogP) is 2.74. The third-order valence-electron chi connectivity index (χ3n) is 3.06. The van der Waals surface area contributed by atoms with E-state index in [4.69, 9.17) is 17.3 Å². The van der Waals surface area contributed by atoms with Crippen molar-refractivity contribution in [2.45, 2.75) is 20.8 Å². The van der Waals surface area contributed by atoms with Crippen molar-refractivity contribution >= 4 is 34.8 Å². The smallest absolute Gasteiger partial charge is 0.278 e. The topological polar surface area (TPSA) is 106 Å². The number of carbonyl (C=O) groups is 1. The number of hydrogen-bond acceptors (Lipinski definition) is 6. The van der Waals surface area contributed by atoms with Crippen molar-refractivity contribution in [3.8, 4) is 0 Å². The van der Waals surface area contributed by atoms with Crippen LogP contribution in [0.15, 0.2) is 18.5 Å². The largest absolute Gasteiger partial charge is 0.382 e. The van der Waals surface area contributed by atoms with Gasteiger partial charge in [-0.15, -0.1) is 0 Å². The minimum absolute atomic E-state index is 0.0136. The highest BCUT2D eigenvalue weighted by molar-refractivity contribution is 6.32. The third-order valence-corrected chi connectivity index (χ3v) is 3.32. The van der Waals surface area contributed by atoms with Gasteiger partial charge in [-0.05, 0) is 24.5 Å². The molecule has 122 valence electrons. The van der Waals surface area contributed by atoms with E-state index >= 15 is 0 Å². The van der Waals surface area contributed by atoms with Crippen LogP contribution in [0.2, 0.25) is 5.15 Å². The molecule has 1 amide bonds. The molecule has 0 spiro atoms. The molecule has 0 radical (unpaired) electrons. The van der Waals surface area contributed by atoms with Crippen LogP contribution in [-0.4, -0.2) is 27.4 Å². The molecule has 0 unspecified atom stereocenters. The Morgan fingerprint density at radius 2 is 2.13 bits per heavy atom. The van der Waals surface area contributed by atoms with Crippen molar-refractivity contribution in [3.63, 3.8) is 0 Å². The Balaban J connectivity index is 2.21. The van der Waals surface area contributed by atoms with Crippen molar-refractivity contribution in [1.82, 2.24) is 15.0 Å². The summed E-state index contributed by atoms with van der Waals surface area (Å²) in [5.74, 6) is 0.306. The summed E-state index contributed by atoms with van der Waals surface area (Å²) in [5.41, 5.74) is 7.28. The minimum atomic E-state index is -0.483. The predicted molar refractivity (Wildman–Crippen MR) is 91.7 cm³/mol. The fourth-order valence-electron chi connectivity index (χ4n) is 1.78. The minimum Gasteiger partial charge on any atom is -0.382 e. The monoisotopic (exact) mass is 334 g/mol. The van der Waals surface area contributed by atoms with Gasteiger partial charge in [0.05, 0.1) is 11.9 Å². The number of pyridine rings is 1. The zero-order chi connectivity index (χ0) is 17.0. The number of carbonyl (C=O) groups excluding carboxylic acids is 1. The lowest BCUT2D eigenvalue weighted by atomic mass is 10.2. The Kier molecular flexibility index (Phi) is 5.33. The molecular weight excluding hydrogens is 316 g/mol. The molecule has 0 aromatic carbocycles. The van der Waals surface area contributed by atoms with Crippen LogP contribution >= 0.6 is 11.6 Å². The molecule has 7 nitrogen and oxygen atoms in total. The molecule has 0 aliphatic heterocycles. The average molecular weight is 335 g/mol. The van der Waals surface area contributed by atoms with Gasteiger partial charge in [0.25, 0.3) is 5.91 Å². The standard InChI is InChI=1S/C15H19ClN6O/c1-8(2)6-19-14-12(16)21-11(13(17)22-14)15(23)20-10-7-18-5-4-9(10)3/h4-5,7-8H,6H2,1-3H3,(H,20,23)(H3,17,19,22). The summed E-state index contributed by atoms with van der Waals surface area (Å²) in [6, 6.07) is 1.79. The quantitative estimate of drug-likeness (QED) is 0.776. The van der Waals surface area contributed by atoms with Crippen LogP contribution < -0.4 is 16.4 Å². The molecule has 0 bridgehead atoms. The normalized spacial score (nSPS) is 10.7. The first-order valence-corrected chi connectivity index (χ1v) is 7.55. The lowest BCUT2D eigenvalue weighted by Crippen LogP contribution is -2.19. The Labute approximate surface area is 139 Å². The summed E-state index contributed by atoms with van der Waals surface area (Å²) in [7, 11) is 0. The summed E-state index contributed by atoms with van der Waals surface area (Å²) in [5, 5.41) is 5.86. The number of aromatic nitrogens is 3. The van der Waals surface area contributed by atoms with E-state index in [2.05, 4.69) is 39.4 Å². The Morgan fingerprint density at radius 1 is 1.39 bits per heavy atom. The zero-order valence-electron chi connectivity index (χ0n) is 13.2. The molecule has 2 aromatic rings. The Hall–Kier alpha value is -2.41. The van der Waals surface area contributed by atoms with E-state index in [-0.39, 0.29) is 16.7 Å². The number of halogens is 1. The zero-order valence-corrected chi connectivity index (χ0v) is 14.0. The summed E-state index contributed by atoms with van der Waals surface area (Å²) in [6.45, 7) is 6.64. The van der Waals surface area contributed by atoms with E-state index in [9.17, 15) is 4.79 Å². The number of anilines is 3. The van der Waals surface area contributed by atoms with Crippen molar-refractivity contribution in [2.75, 3.05) is 22.9 Å². The Bertz CT molecular complexity index is 719. The van der Waals surface area contributed by atoms with E-state index in [1.165, 1.54) is 0 Å². The maximum absolute atomic E-state index is 12.3. The van der Waals surface area contributed by atoms with E-state index in [0.717, 1.165) is 5.56 Å². The molecule has 23 heavy (non-hydrogen) atoms. The number of nitrogens with one attached hydrogen (secondary N) is 2. The molecule has 2 rings (SSSR count). The number of rotatable bonds is 5. The summed E-state index contributed by atoms with van der Waals surface area (Å²) < 4.78 is 0. The van der Waals surface area contributed by atoms with Crippen LogP contribution in [0, 0.1) is 12.8 Å². The van der Waals surface area contributed by atoms with Crippen molar-refractivity contribution in [2.24, 2.45) is 5.92 Å². The molecule has 0 aliphatic rings. The van der Waals surface area contributed by atoms with E-state index < -0.39 is 5.91 Å². The number of hydrogen-bond donors (Lipinski definition) is 3. The Morgan fingerprint density at radius 3 is 2.78 bits per heavy atom. The lowest BCUT2D eigenvalue weighted by molar-refractivity contribution is 0.102. The van der Waals surface area contributed by atoms with Gasteiger partial charge in [0, 0.05) is 12.7 Å². The molecule has 0 aliphatic carbocycles. The number of nitrogen functional groups attached to an aromatic ring is 1. The number of amides is 1. The van der Waals surface area contributed by atoms with Crippen molar-refractivity contribution in [3.05, 3.63) is 34.9 Å². The molecular formula is C15H19ClN6O. The van der Waals surface area contributed by atoms with Crippen molar-refractivity contribution < 1.29 is 4.79 Å². The molecule has 0 fully saturated rings. The van der Waals surface area contributed by atoms with Crippen LogP contribution in [0.4, 0.5) is 17.3 Å². The fraction of sp³-hybridized carbons (Fsp3) is 0.333. The highest BCUT2D eigenvalue weighted by atomic mass is 35.5.